The lowest BCUT2D eigenvalue weighted by Gasteiger charge is -2.20. The predicted octanol–water partition coefficient (Wildman–Crippen LogP) is 1.44. The summed E-state index contributed by atoms with van der Waals surface area (Å²) in [5, 5.41) is 0. The first-order chi connectivity index (χ1) is 5.74. The highest BCUT2D eigenvalue weighted by atomic mass is 32.1. The van der Waals surface area contributed by atoms with Crippen LogP contribution in [-0.4, -0.2) is 44.0 Å². The van der Waals surface area contributed by atoms with Crippen LogP contribution in [0.1, 0.15) is 6.92 Å². The Bertz CT molecular complexity index is 128. The summed E-state index contributed by atoms with van der Waals surface area (Å²) >= 11 is 4.16. The SMILES string of the molecule is C=C(CS)CN(CC)CCOC. The number of likely N-dealkylation sites (N-methyl/N-ethyl adjacent to an activating group) is 1. The molecule has 12 heavy (non-hydrogen) atoms. The van der Waals surface area contributed by atoms with Crippen molar-refractivity contribution in [2.45, 2.75) is 6.92 Å². The van der Waals surface area contributed by atoms with Gasteiger partial charge in [0, 0.05) is 26.0 Å². The molecule has 0 atom stereocenters. The topological polar surface area (TPSA) is 12.5 Å². The Labute approximate surface area is 81.0 Å². The summed E-state index contributed by atoms with van der Waals surface area (Å²) in [5.74, 6) is 0.767. The number of ether oxygens (including phenoxy) is 1. The molecular weight excluding hydrogens is 170 g/mol. The molecule has 0 saturated carbocycles. The third-order valence-corrected chi connectivity index (χ3v) is 2.18. The van der Waals surface area contributed by atoms with Crippen molar-refractivity contribution >= 4 is 12.6 Å². The third-order valence-electron chi connectivity index (χ3n) is 1.73. The molecule has 0 unspecified atom stereocenters. The normalized spacial score (nSPS) is 10.7. The van der Waals surface area contributed by atoms with E-state index >= 15 is 0 Å². The van der Waals surface area contributed by atoms with Crippen molar-refractivity contribution < 1.29 is 4.74 Å². The first kappa shape index (κ1) is 12.0. The average Bonchev–Trinajstić information content (AvgIpc) is 2.11. The van der Waals surface area contributed by atoms with Crippen LogP contribution in [0.2, 0.25) is 0 Å². The number of hydrogen-bond donors (Lipinski definition) is 1. The van der Waals surface area contributed by atoms with Crippen molar-refractivity contribution in [2.24, 2.45) is 0 Å². The van der Waals surface area contributed by atoms with E-state index in [9.17, 15) is 0 Å². The molecule has 0 radical (unpaired) electrons. The molecule has 0 aliphatic heterocycles. The molecule has 2 nitrogen and oxygen atoms in total. The summed E-state index contributed by atoms with van der Waals surface area (Å²) in [7, 11) is 1.72. The van der Waals surface area contributed by atoms with Crippen LogP contribution in [0.15, 0.2) is 12.2 Å². The quantitative estimate of drug-likeness (QED) is 0.480. The van der Waals surface area contributed by atoms with E-state index in [-0.39, 0.29) is 0 Å². The Morgan fingerprint density at radius 2 is 2.25 bits per heavy atom. The monoisotopic (exact) mass is 189 g/mol. The van der Waals surface area contributed by atoms with Gasteiger partial charge in [-0.2, -0.15) is 12.6 Å². The lowest BCUT2D eigenvalue weighted by molar-refractivity contribution is 0.156. The summed E-state index contributed by atoms with van der Waals surface area (Å²) in [6.07, 6.45) is 0. The fourth-order valence-electron chi connectivity index (χ4n) is 0.936. The van der Waals surface area contributed by atoms with E-state index in [0.29, 0.717) is 0 Å². The van der Waals surface area contributed by atoms with Gasteiger partial charge in [0.1, 0.15) is 0 Å². The first-order valence-corrected chi connectivity index (χ1v) is 4.86. The summed E-state index contributed by atoms with van der Waals surface area (Å²) in [4.78, 5) is 2.29. The van der Waals surface area contributed by atoms with E-state index in [2.05, 4.69) is 31.0 Å². The van der Waals surface area contributed by atoms with Crippen LogP contribution in [0.25, 0.3) is 0 Å². The van der Waals surface area contributed by atoms with E-state index in [0.717, 1.165) is 37.6 Å². The van der Waals surface area contributed by atoms with Crippen molar-refractivity contribution in [3.63, 3.8) is 0 Å². The minimum atomic E-state index is 0.767. The maximum Gasteiger partial charge on any atom is 0.0589 e. The molecule has 0 aliphatic carbocycles. The molecule has 0 aromatic carbocycles. The maximum atomic E-state index is 5.00. The minimum absolute atomic E-state index is 0.767. The maximum absolute atomic E-state index is 5.00. The van der Waals surface area contributed by atoms with Crippen LogP contribution in [0.4, 0.5) is 0 Å². The largest absolute Gasteiger partial charge is 0.383 e. The molecule has 0 spiro atoms. The Morgan fingerprint density at radius 1 is 1.58 bits per heavy atom. The van der Waals surface area contributed by atoms with E-state index in [1.807, 2.05) is 0 Å². The molecule has 0 aliphatic rings. The van der Waals surface area contributed by atoms with E-state index in [4.69, 9.17) is 4.74 Å². The number of methoxy groups -OCH3 is 1. The van der Waals surface area contributed by atoms with Gasteiger partial charge in [-0.15, -0.1) is 0 Å². The summed E-state index contributed by atoms with van der Waals surface area (Å²) in [5.41, 5.74) is 1.16. The second-order valence-corrected chi connectivity index (χ2v) is 3.09. The van der Waals surface area contributed by atoms with Gasteiger partial charge in [-0.05, 0) is 6.54 Å². The van der Waals surface area contributed by atoms with Crippen LogP contribution in [0.3, 0.4) is 0 Å². The molecule has 72 valence electrons. The van der Waals surface area contributed by atoms with Gasteiger partial charge in [0.25, 0.3) is 0 Å². The Hall–Kier alpha value is 0.01000. The lowest BCUT2D eigenvalue weighted by atomic mass is 10.3. The van der Waals surface area contributed by atoms with Gasteiger partial charge in [-0.25, -0.2) is 0 Å². The van der Waals surface area contributed by atoms with Gasteiger partial charge >= 0.3 is 0 Å². The van der Waals surface area contributed by atoms with Gasteiger partial charge in [0.05, 0.1) is 6.61 Å². The van der Waals surface area contributed by atoms with Gasteiger partial charge in [0.2, 0.25) is 0 Å². The van der Waals surface area contributed by atoms with E-state index in [1.165, 1.54) is 0 Å². The van der Waals surface area contributed by atoms with Gasteiger partial charge in [-0.1, -0.05) is 19.1 Å². The molecule has 0 amide bonds. The van der Waals surface area contributed by atoms with Crippen LogP contribution < -0.4 is 0 Å². The zero-order valence-electron chi connectivity index (χ0n) is 8.05. The van der Waals surface area contributed by atoms with Crippen LogP contribution in [0, 0.1) is 0 Å². The van der Waals surface area contributed by atoms with E-state index in [1.54, 1.807) is 7.11 Å². The highest BCUT2D eigenvalue weighted by Gasteiger charge is 2.02. The molecule has 0 aromatic heterocycles. The summed E-state index contributed by atoms with van der Waals surface area (Å²) in [6, 6.07) is 0. The highest BCUT2D eigenvalue weighted by molar-refractivity contribution is 7.80. The van der Waals surface area contributed by atoms with Crippen molar-refractivity contribution in [3.05, 3.63) is 12.2 Å². The fraction of sp³-hybridized carbons (Fsp3) is 0.778. The van der Waals surface area contributed by atoms with Crippen molar-refractivity contribution in [1.82, 2.24) is 4.90 Å². The van der Waals surface area contributed by atoms with Gasteiger partial charge in [0.15, 0.2) is 0 Å². The predicted molar refractivity (Wildman–Crippen MR) is 57.0 cm³/mol. The number of thiol groups is 1. The van der Waals surface area contributed by atoms with Crippen molar-refractivity contribution in [1.29, 1.82) is 0 Å². The zero-order valence-corrected chi connectivity index (χ0v) is 8.94. The standard InChI is InChI=1S/C9H19NOS/c1-4-10(5-6-11-3)7-9(2)8-12/h12H,2,4-8H2,1,3H3. The molecule has 0 fully saturated rings. The number of hydrogen-bond acceptors (Lipinski definition) is 3. The van der Waals surface area contributed by atoms with Crippen LogP contribution >= 0.6 is 12.6 Å². The van der Waals surface area contributed by atoms with Crippen LogP contribution in [-0.2, 0) is 4.74 Å². The van der Waals surface area contributed by atoms with E-state index < -0.39 is 0 Å². The highest BCUT2D eigenvalue weighted by Crippen LogP contribution is 1.98. The smallest absolute Gasteiger partial charge is 0.0589 e. The molecule has 0 saturated heterocycles. The first-order valence-electron chi connectivity index (χ1n) is 4.23. The third kappa shape index (κ3) is 5.63. The average molecular weight is 189 g/mol. The molecule has 0 aromatic rings. The molecule has 0 rings (SSSR count). The minimum Gasteiger partial charge on any atom is -0.383 e. The summed E-state index contributed by atoms with van der Waals surface area (Å²) < 4.78 is 5.00. The van der Waals surface area contributed by atoms with Crippen LogP contribution in [0.5, 0.6) is 0 Å². The molecule has 0 N–H and O–H groups in total. The molecule has 0 heterocycles. The summed E-state index contributed by atoms with van der Waals surface area (Å²) in [6.45, 7) is 9.78. The van der Waals surface area contributed by atoms with Gasteiger partial charge < -0.3 is 4.74 Å². The zero-order chi connectivity index (χ0) is 9.40. The second-order valence-electron chi connectivity index (χ2n) is 2.77. The Morgan fingerprint density at radius 3 is 2.67 bits per heavy atom. The lowest BCUT2D eigenvalue weighted by Crippen LogP contribution is -2.29. The fourth-order valence-corrected chi connectivity index (χ4v) is 1.04. The Kier molecular flexibility index (Phi) is 7.65. The number of nitrogens with zero attached hydrogens (tertiary/aromatic N) is 1. The molecule has 3 heteroatoms. The van der Waals surface area contributed by atoms with Crippen molar-refractivity contribution in [2.75, 3.05) is 39.1 Å². The van der Waals surface area contributed by atoms with Crippen molar-refractivity contribution in [3.8, 4) is 0 Å². The number of rotatable bonds is 7. The molecule has 0 bridgehead atoms. The Balaban J connectivity index is 3.59. The molecular formula is C9H19NOS. The second kappa shape index (κ2) is 7.65. The van der Waals surface area contributed by atoms with Gasteiger partial charge in [-0.3, -0.25) is 4.90 Å².